The minimum Gasteiger partial charge on any atom is -0.489 e. The van der Waals surface area contributed by atoms with Crippen LogP contribution in [0.2, 0.25) is 10.0 Å². The van der Waals surface area contributed by atoms with Crippen LogP contribution in [-0.2, 0) is 4.74 Å². The van der Waals surface area contributed by atoms with E-state index in [0.717, 1.165) is 0 Å². The summed E-state index contributed by atoms with van der Waals surface area (Å²) in [5.74, 6) is -0.397. The average Bonchev–Trinajstić information content (AvgIpc) is 2.49. The van der Waals surface area contributed by atoms with Crippen molar-refractivity contribution in [2.75, 3.05) is 13.1 Å². The Balaban J connectivity index is 2.00. The van der Waals surface area contributed by atoms with Crippen LogP contribution in [0.25, 0.3) is 0 Å². The highest BCUT2D eigenvalue weighted by molar-refractivity contribution is 6.44. The first-order chi connectivity index (χ1) is 11.6. The van der Waals surface area contributed by atoms with Gasteiger partial charge in [0.05, 0.1) is 10.0 Å². The topological polar surface area (TPSA) is 81.9 Å². The normalized spacial score (nSPS) is 15.8. The van der Waals surface area contributed by atoms with E-state index in [-0.39, 0.29) is 27.8 Å². The Hall–Kier alpha value is -1.66. The van der Waals surface area contributed by atoms with Crippen LogP contribution in [-0.4, -0.2) is 41.7 Å². The van der Waals surface area contributed by atoms with Gasteiger partial charge in [0.25, 0.3) is 5.91 Å². The first kappa shape index (κ1) is 19.7. The summed E-state index contributed by atoms with van der Waals surface area (Å²) in [6.07, 6.45) is 0.724. The number of amides is 2. The maximum absolute atomic E-state index is 12.1. The van der Waals surface area contributed by atoms with Crippen LogP contribution in [0.15, 0.2) is 12.1 Å². The molecule has 8 heteroatoms. The smallest absolute Gasteiger partial charge is 0.410 e. The zero-order valence-electron chi connectivity index (χ0n) is 14.5. The molecule has 1 saturated heterocycles. The Morgan fingerprint density at radius 3 is 2.32 bits per heavy atom. The quantitative estimate of drug-likeness (QED) is 0.851. The molecule has 0 aliphatic carbocycles. The summed E-state index contributed by atoms with van der Waals surface area (Å²) in [5, 5.41) is 0.320. The molecule has 1 aliphatic rings. The molecule has 0 aromatic heterocycles. The third-order valence-electron chi connectivity index (χ3n) is 3.69. The molecule has 0 spiro atoms. The molecule has 0 bridgehead atoms. The number of nitrogens with two attached hydrogens (primary N) is 1. The number of likely N-dealkylation sites (tertiary alicyclic amines) is 1. The van der Waals surface area contributed by atoms with Gasteiger partial charge in [0.2, 0.25) is 0 Å². The van der Waals surface area contributed by atoms with Gasteiger partial charge in [-0.1, -0.05) is 23.2 Å². The molecule has 2 amide bonds. The Kier molecular flexibility index (Phi) is 6.06. The predicted octanol–water partition coefficient (Wildman–Crippen LogP) is 3.87. The molecule has 0 saturated carbocycles. The highest BCUT2D eigenvalue weighted by Gasteiger charge is 2.28. The van der Waals surface area contributed by atoms with Gasteiger partial charge in [-0.05, 0) is 32.9 Å². The van der Waals surface area contributed by atoms with Crippen LogP contribution in [0.3, 0.4) is 0 Å². The summed E-state index contributed by atoms with van der Waals surface area (Å²) in [6.45, 7) is 6.50. The maximum Gasteiger partial charge on any atom is 0.410 e. The molecule has 1 aromatic carbocycles. The van der Waals surface area contributed by atoms with Crippen LogP contribution < -0.4 is 10.5 Å². The number of ether oxygens (including phenoxy) is 2. The zero-order valence-corrected chi connectivity index (χ0v) is 16.0. The van der Waals surface area contributed by atoms with Gasteiger partial charge >= 0.3 is 6.09 Å². The summed E-state index contributed by atoms with van der Waals surface area (Å²) in [6, 6.07) is 3.13. The number of carbonyl (C=O) groups excluding carboxylic acids is 2. The fraction of sp³-hybridized carbons (Fsp3) is 0.529. The van der Waals surface area contributed by atoms with Crippen LogP contribution in [0.4, 0.5) is 4.79 Å². The minimum atomic E-state index is -0.700. The SMILES string of the molecule is CC(C)(C)OC(=O)N1CCC(Oc2ccc(Cl)c(Cl)c2C(N)=O)CC1. The van der Waals surface area contributed by atoms with Gasteiger partial charge < -0.3 is 20.1 Å². The lowest BCUT2D eigenvalue weighted by atomic mass is 10.1. The van der Waals surface area contributed by atoms with Gasteiger partial charge in [0.15, 0.2) is 0 Å². The first-order valence-corrected chi connectivity index (χ1v) is 8.76. The van der Waals surface area contributed by atoms with Gasteiger partial charge in [-0.2, -0.15) is 0 Å². The molecule has 1 aliphatic heterocycles. The molecule has 0 unspecified atom stereocenters. The van der Waals surface area contributed by atoms with Crippen molar-refractivity contribution in [2.45, 2.75) is 45.3 Å². The summed E-state index contributed by atoms with van der Waals surface area (Å²) < 4.78 is 11.3. The lowest BCUT2D eigenvalue weighted by Crippen LogP contribution is -2.44. The van der Waals surface area contributed by atoms with E-state index in [4.69, 9.17) is 38.4 Å². The average molecular weight is 389 g/mol. The van der Waals surface area contributed by atoms with Gasteiger partial charge in [0, 0.05) is 25.9 Å². The molecule has 6 nitrogen and oxygen atoms in total. The maximum atomic E-state index is 12.1. The minimum absolute atomic E-state index is 0.0729. The first-order valence-electron chi connectivity index (χ1n) is 8.01. The fourth-order valence-electron chi connectivity index (χ4n) is 2.52. The van der Waals surface area contributed by atoms with Crippen molar-refractivity contribution in [2.24, 2.45) is 5.73 Å². The molecule has 2 rings (SSSR count). The monoisotopic (exact) mass is 388 g/mol. The number of hydrogen-bond donors (Lipinski definition) is 1. The standard InChI is InChI=1S/C17H22Cl2N2O4/c1-17(2,3)25-16(23)21-8-6-10(7-9-21)24-12-5-4-11(18)14(19)13(12)15(20)22/h4-5,10H,6-9H2,1-3H3,(H2,20,22). The number of carbonyl (C=O) groups is 2. The van der Waals surface area contributed by atoms with E-state index in [1.165, 1.54) is 0 Å². The van der Waals surface area contributed by atoms with Gasteiger partial charge in [-0.25, -0.2) is 4.79 Å². The van der Waals surface area contributed by atoms with E-state index in [2.05, 4.69) is 0 Å². The van der Waals surface area contributed by atoms with Crippen LogP contribution >= 0.6 is 23.2 Å². The number of piperidine rings is 1. The van der Waals surface area contributed by atoms with E-state index in [1.54, 1.807) is 17.0 Å². The van der Waals surface area contributed by atoms with Crippen molar-refractivity contribution in [3.05, 3.63) is 27.7 Å². The van der Waals surface area contributed by atoms with Crippen molar-refractivity contribution in [3.8, 4) is 5.75 Å². The highest BCUT2D eigenvalue weighted by Crippen LogP contribution is 2.34. The van der Waals surface area contributed by atoms with E-state index in [1.807, 2.05) is 20.8 Å². The Labute approximate surface area is 157 Å². The molecular weight excluding hydrogens is 367 g/mol. The molecular formula is C17H22Cl2N2O4. The number of nitrogens with zero attached hydrogens (tertiary/aromatic N) is 1. The Morgan fingerprint density at radius 2 is 1.80 bits per heavy atom. The number of primary amides is 1. The second kappa shape index (κ2) is 7.70. The number of halogens is 2. The fourth-order valence-corrected chi connectivity index (χ4v) is 2.93. The van der Waals surface area contributed by atoms with E-state index >= 15 is 0 Å². The molecule has 0 radical (unpaired) electrons. The van der Waals surface area contributed by atoms with Crippen LogP contribution in [0, 0.1) is 0 Å². The zero-order chi connectivity index (χ0) is 18.8. The Morgan fingerprint density at radius 1 is 1.20 bits per heavy atom. The van der Waals surface area contributed by atoms with Crippen molar-refractivity contribution >= 4 is 35.2 Å². The molecule has 1 aromatic rings. The molecule has 1 heterocycles. The molecule has 138 valence electrons. The van der Waals surface area contributed by atoms with Crippen LogP contribution in [0.1, 0.15) is 44.0 Å². The second-order valence-electron chi connectivity index (χ2n) is 6.88. The second-order valence-corrected chi connectivity index (χ2v) is 7.67. The third-order valence-corrected chi connectivity index (χ3v) is 4.49. The Bertz CT molecular complexity index is 665. The number of hydrogen-bond acceptors (Lipinski definition) is 4. The van der Waals surface area contributed by atoms with Crippen molar-refractivity contribution in [3.63, 3.8) is 0 Å². The summed E-state index contributed by atoms with van der Waals surface area (Å²) >= 11 is 12.0. The summed E-state index contributed by atoms with van der Waals surface area (Å²) in [5.41, 5.74) is 4.92. The molecule has 0 atom stereocenters. The van der Waals surface area contributed by atoms with E-state index in [9.17, 15) is 9.59 Å². The highest BCUT2D eigenvalue weighted by atomic mass is 35.5. The van der Waals surface area contributed by atoms with Crippen molar-refractivity contribution in [1.82, 2.24) is 4.90 Å². The van der Waals surface area contributed by atoms with E-state index < -0.39 is 11.5 Å². The van der Waals surface area contributed by atoms with Gasteiger partial charge in [-0.3, -0.25) is 4.79 Å². The molecule has 25 heavy (non-hydrogen) atoms. The van der Waals surface area contributed by atoms with Crippen LogP contribution in [0.5, 0.6) is 5.75 Å². The van der Waals surface area contributed by atoms with Gasteiger partial charge in [0.1, 0.15) is 23.0 Å². The summed E-state index contributed by atoms with van der Waals surface area (Å²) in [4.78, 5) is 25.4. The lowest BCUT2D eigenvalue weighted by molar-refractivity contribution is 0.0126. The number of benzene rings is 1. The third kappa shape index (κ3) is 5.16. The lowest BCUT2D eigenvalue weighted by Gasteiger charge is -2.33. The summed E-state index contributed by atoms with van der Waals surface area (Å²) in [7, 11) is 0. The molecule has 2 N–H and O–H groups in total. The number of rotatable bonds is 3. The predicted molar refractivity (Wildman–Crippen MR) is 96.4 cm³/mol. The largest absolute Gasteiger partial charge is 0.489 e. The van der Waals surface area contributed by atoms with Crippen molar-refractivity contribution < 1.29 is 19.1 Å². The van der Waals surface area contributed by atoms with E-state index in [0.29, 0.717) is 31.7 Å². The van der Waals surface area contributed by atoms with Crippen molar-refractivity contribution in [1.29, 1.82) is 0 Å². The van der Waals surface area contributed by atoms with Gasteiger partial charge in [-0.15, -0.1) is 0 Å². The molecule has 1 fully saturated rings.